The molecule has 114 valence electrons. The van der Waals surface area contributed by atoms with Gasteiger partial charge in [0.2, 0.25) is 5.91 Å². The van der Waals surface area contributed by atoms with Gasteiger partial charge >= 0.3 is 0 Å². The average molecular weight is 315 g/mol. The van der Waals surface area contributed by atoms with Crippen LogP contribution in [0, 0.1) is 6.92 Å². The van der Waals surface area contributed by atoms with Crippen LogP contribution in [0.15, 0.2) is 29.1 Å². The summed E-state index contributed by atoms with van der Waals surface area (Å²) in [5, 5.41) is 8.66. The van der Waals surface area contributed by atoms with Crippen LogP contribution in [0.3, 0.4) is 0 Å². The Morgan fingerprint density at radius 3 is 2.91 bits per heavy atom. The first-order chi connectivity index (χ1) is 10.6. The molecular formula is C16H17N3O2S. The predicted octanol–water partition coefficient (Wildman–Crippen LogP) is 2.45. The van der Waals surface area contributed by atoms with Gasteiger partial charge in [-0.05, 0) is 19.4 Å². The number of aryl methyl sites for hydroxylation is 1. The number of carbonyl (C=O) groups is 1. The van der Waals surface area contributed by atoms with E-state index < -0.39 is 0 Å². The Hall–Kier alpha value is -2.21. The second-order valence-corrected chi connectivity index (χ2v) is 6.25. The number of nitrogens with zero attached hydrogens (tertiary/aromatic N) is 2. The van der Waals surface area contributed by atoms with E-state index in [1.165, 1.54) is 4.68 Å². The van der Waals surface area contributed by atoms with Crippen LogP contribution >= 0.6 is 11.3 Å². The van der Waals surface area contributed by atoms with Crippen LogP contribution in [0.5, 0.6) is 0 Å². The predicted molar refractivity (Wildman–Crippen MR) is 89.4 cm³/mol. The topological polar surface area (TPSA) is 64.0 Å². The minimum Gasteiger partial charge on any atom is -0.355 e. The van der Waals surface area contributed by atoms with E-state index in [1.807, 2.05) is 38.1 Å². The molecule has 2 aromatic heterocycles. The SMILES string of the molecule is CCCNC(=O)Cn1nc(C)c2sc3ccccc3c2c1=O. The van der Waals surface area contributed by atoms with Crippen molar-refractivity contribution in [3.63, 3.8) is 0 Å². The minimum atomic E-state index is -0.204. The Morgan fingerprint density at radius 1 is 1.36 bits per heavy atom. The first kappa shape index (κ1) is 14.7. The third-order valence-electron chi connectivity index (χ3n) is 3.51. The highest BCUT2D eigenvalue weighted by atomic mass is 32.1. The molecule has 1 amide bonds. The van der Waals surface area contributed by atoms with E-state index >= 15 is 0 Å². The van der Waals surface area contributed by atoms with E-state index in [9.17, 15) is 9.59 Å². The maximum absolute atomic E-state index is 12.7. The number of fused-ring (bicyclic) bond motifs is 3. The van der Waals surface area contributed by atoms with Crippen LogP contribution < -0.4 is 10.9 Å². The Labute approximate surface area is 131 Å². The van der Waals surface area contributed by atoms with Crippen molar-refractivity contribution in [1.29, 1.82) is 0 Å². The molecule has 3 rings (SSSR count). The summed E-state index contributed by atoms with van der Waals surface area (Å²) < 4.78 is 3.23. The van der Waals surface area contributed by atoms with Gasteiger partial charge in [0.25, 0.3) is 5.56 Å². The highest BCUT2D eigenvalue weighted by molar-refractivity contribution is 7.26. The van der Waals surface area contributed by atoms with Crippen LogP contribution in [0.4, 0.5) is 0 Å². The molecule has 0 radical (unpaired) electrons. The van der Waals surface area contributed by atoms with E-state index in [0.29, 0.717) is 11.9 Å². The molecule has 0 spiro atoms. The third kappa shape index (κ3) is 2.50. The lowest BCUT2D eigenvalue weighted by molar-refractivity contribution is -0.121. The van der Waals surface area contributed by atoms with Crippen LogP contribution in [0.1, 0.15) is 19.0 Å². The molecule has 5 nitrogen and oxygen atoms in total. The zero-order chi connectivity index (χ0) is 15.7. The number of amides is 1. The molecular weight excluding hydrogens is 298 g/mol. The van der Waals surface area contributed by atoms with Gasteiger partial charge in [-0.2, -0.15) is 5.10 Å². The molecule has 3 aromatic rings. The molecule has 0 saturated heterocycles. The van der Waals surface area contributed by atoms with Crippen LogP contribution in [-0.4, -0.2) is 22.2 Å². The molecule has 0 aliphatic heterocycles. The number of nitrogens with one attached hydrogen (secondary N) is 1. The summed E-state index contributed by atoms with van der Waals surface area (Å²) in [6.45, 7) is 4.42. The van der Waals surface area contributed by atoms with Crippen molar-refractivity contribution in [1.82, 2.24) is 15.1 Å². The molecule has 0 bridgehead atoms. The Kier molecular flexibility index (Phi) is 3.94. The maximum atomic E-state index is 12.7. The van der Waals surface area contributed by atoms with Gasteiger partial charge in [-0.1, -0.05) is 25.1 Å². The largest absolute Gasteiger partial charge is 0.355 e. The zero-order valence-electron chi connectivity index (χ0n) is 12.5. The average Bonchev–Trinajstić information content (AvgIpc) is 2.90. The lowest BCUT2D eigenvalue weighted by atomic mass is 10.2. The molecule has 22 heavy (non-hydrogen) atoms. The fourth-order valence-corrected chi connectivity index (χ4v) is 3.61. The Bertz CT molecular complexity index is 911. The molecule has 0 aliphatic carbocycles. The number of thiophene rings is 1. The van der Waals surface area contributed by atoms with Crippen LogP contribution in [-0.2, 0) is 11.3 Å². The lowest BCUT2D eigenvalue weighted by Crippen LogP contribution is -2.34. The van der Waals surface area contributed by atoms with Crippen LogP contribution in [0.25, 0.3) is 20.2 Å². The van der Waals surface area contributed by atoms with E-state index in [-0.39, 0.29) is 18.0 Å². The van der Waals surface area contributed by atoms with E-state index in [4.69, 9.17) is 0 Å². The number of hydrogen-bond acceptors (Lipinski definition) is 4. The summed E-state index contributed by atoms with van der Waals surface area (Å²) in [4.78, 5) is 24.6. The van der Waals surface area contributed by atoms with Crippen molar-refractivity contribution >= 4 is 37.4 Å². The molecule has 6 heteroatoms. The quantitative estimate of drug-likeness (QED) is 0.804. The number of carbonyl (C=O) groups excluding carboxylic acids is 1. The van der Waals surface area contributed by atoms with Crippen molar-refractivity contribution in [3.05, 3.63) is 40.3 Å². The maximum Gasteiger partial charge on any atom is 0.276 e. The van der Waals surface area contributed by atoms with Gasteiger partial charge < -0.3 is 5.32 Å². The summed E-state index contributed by atoms with van der Waals surface area (Å²) in [5.41, 5.74) is 0.573. The van der Waals surface area contributed by atoms with Gasteiger partial charge in [0.1, 0.15) is 6.54 Å². The monoisotopic (exact) mass is 315 g/mol. The Morgan fingerprint density at radius 2 is 2.14 bits per heavy atom. The summed E-state index contributed by atoms with van der Waals surface area (Å²) >= 11 is 1.57. The zero-order valence-corrected chi connectivity index (χ0v) is 13.4. The van der Waals surface area contributed by atoms with Gasteiger partial charge in [0, 0.05) is 16.6 Å². The Balaban J connectivity index is 2.13. The van der Waals surface area contributed by atoms with Gasteiger partial charge in [-0.25, -0.2) is 4.68 Å². The number of aromatic nitrogens is 2. The van der Waals surface area contributed by atoms with Gasteiger partial charge in [0.05, 0.1) is 15.8 Å². The summed E-state index contributed by atoms with van der Waals surface area (Å²) in [7, 11) is 0. The normalized spacial score (nSPS) is 11.2. The van der Waals surface area contributed by atoms with E-state index in [0.717, 1.165) is 26.9 Å². The molecule has 2 heterocycles. The molecule has 0 unspecified atom stereocenters. The van der Waals surface area contributed by atoms with E-state index in [2.05, 4.69) is 10.4 Å². The lowest BCUT2D eigenvalue weighted by Gasteiger charge is -2.07. The minimum absolute atomic E-state index is 0.0419. The van der Waals surface area contributed by atoms with Gasteiger partial charge in [-0.3, -0.25) is 9.59 Å². The first-order valence-electron chi connectivity index (χ1n) is 7.27. The summed E-state index contributed by atoms with van der Waals surface area (Å²) in [6.07, 6.45) is 0.862. The highest BCUT2D eigenvalue weighted by Crippen LogP contribution is 2.32. The molecule has 0 saturated carbocycles. The van der Waals surface area contributed by atoms with Crippen molar-refractivity contribution in [2.45, 2.75) is 26.8 Å². The van der Waals surface area contributed by atoms with Crippen molar-refractivity contribution in [3.8, 4) is 0 Å². The highest BCUT2D eigenvalue weighted by Gasteiger charge is 2.15. The first-order valence-corrected chi connectivity index (χ1v) is 8.09. The van der Waals surface area contributed by atoms with Gasteiger partial charge in [-0.15, -0.1) is 11.3 Å². The standard InChI is InChI=1S/C16H17N3O2S/c1-3-8-17-13(20)9-19-16(21)14-11-6-4-5-7-12(11)22-15(14)10(2)18-19/h4-7H,3,8-9H2,1-2H3,(H,17,20). The van der Waals surface area contributed by atoms with Crippen LogP contribution in [0.2, 0.25) is 0 Å². The second kappa shape index (κ2) is 5.88. The fourth-order valence-electron chi connectivity index (χ4n) is 2.48. The smallest absolute Gasteiger partial charge is 0.276 e. The van der Waals surface area contributed by atoms with Crippen molar-refractivity contribution in [2.24, 2.45) is 0 Å². The molecule has 0 fully saturated rings. The molecule has 1 aromatic carbocycles. The summed E-state index contributed by atoms with van der Waals surface area (Å²) in [5.74, 6) is -0.185. The number of hydrogen-bond donors (Lipinski definition) is 1. The second-order valence-electron chi connectivity index (χ2n) is 5.20. The van der Waals surface area contributed by atoms with Crippen molar-refractivity contribution in [2.75, 3.05) is 6.54 Å². The third-order valence-corrected chi connectivity index (χ3v) is 4.79. The summed E-state index contributed by atoms with van der Waals surface area (Å²) in [6, 6.07) is 7.81. The van der Waals surface area contributed by atoms with Crippen molar-refractivity contribution < 1.29 is 4.79 Å². The van der Waals surface area contributed by atoms with E-state index in [1.54, 1.807) is 11.3 Å². The molecule has 0 atom stereocenters. The molecule has 0 aliphatic rings. The van der Waals surface area contributed by atoms with Gasteiger partial charge in [0.15, 0.2) is 0 Å². The fraction of sp³-hybridized carbons (Fsp3) is 0.312. The number of benzene rings is 1. The molecule has 1 N–H and O–H groups in total. The number of rotatable bonds is 4.